The number of piperidine rings is 1. The second kappa shape index (κ2) is 11.4. The predicted molar refractivity (Wildman–Crippen MR) is 139 cm³/mol. The lowest BCUT2D eigenvalue weighted by atomic mass is 9.97. The minimum absolute atomic E-state index is 0.0537. The molecule has 0 bridgehead atoms. The second-order valence-electron chi connectivity index (χ2n) is 8.98. The second-order valence-corrected chi connectivity index (χ2v) is 9.36. The monoisotopic (exact) mass is 529 g/mol. The first-order chi connectivity index (χ1) is 17.7. The maximum Gasteiger partial charge on any atom is 0.417 e. The van der Waals surface area contributed by atoms with Crippen molar-refractivity contribution in [2.45, 2.75) is 38.0 Å². The Kier molecular flexibility index (Phi) is 8.25. The van der Waals surface area contributed by atoms with Crippen molar-refractivity contribution in [1.29, 1.82) is 0 Å². The molecule has 1 aliphatic heterocycles. The highest BCUT2D eigenvalue weighted by Gasteiger charge is 2.35. The average Bonchev–Trinajstić information content (AvgIpc) is 2.88. The summed E-state index contributed by atoms with van der Waals surface area (Å²) in [6.45, 7) is 0.553. The maximum absolute atomic E-state index is 14.1. The zero-order chi connectivity index (χ0) is 26.6. The summed E-state index contributed by atoms with van der Waals surface area (Å²) < 4.78 is 47.8. The van der Waals surface area contributed by atoms with Crippen molar-refractivity contribution in [3.8, 4) is 16.9 Å². The minimum Gasteiger partial charge on any atom is -0.496 e. The number of carboxylic acids is 1. The summed E-state index contributed by atoms with van der Waals surface area (Å²) >= 11 is 6.62. The first-order valence-electron chi connectivity index (χ1n) is 12.0. The van der Waals surface area contributed by atoms with Gasteiger partial charge in [0.25, 0.3) is 0 Å². The van der Waals surface area contributed by atoms with Crippen LogP contribution in [-0.4, -0.2) is 35.7 Å². The van der Waals surface area contributed by atoms with E-state index >= 15 is 0 Å². The van der Waals surface area contributed by atoms with Crippen molar-refractivity contribution in [1.82, 2.24) is 4.90 Å². The van der Waals surface area contributed by atoms with Crippen molar-refractivity contribution < 1.29 is 27.8 Å². The van der Waals surface area contributed by atoms with E-state index in [4.69, 9.17) is 16.3 Å². The number of rotatable bonds is 7. The highest BCUT2D eigenvalue weighted by Crippen LogP contribution is 2.38. The molecule has 1 saturated heterocycles. The van der Waals surface area contributed by atoms with Gasteiger partial charge in [0.1, 0.15) is 11.8 Å². The van der Waals surface area contributed by atoms with Crippen molar-refractivity contribution in [2.75, 3.05) is 13.7 Å². The Balaban J connectivity index is 1.71. The number of ether oxygens (including phenoxy) is 1. The molecule has 0 amide bonds. The molecule has 4 nitrogen and oxygen atoms in total. The zero-order valence-electron chi connectivity index (χ0n) is 20.3. The normalized spacial score (nSPS) is 16.7. The standard InChI is InChI=1S/C29H27ClF3NO3/c1-37-26-17-21(14-13-20-10-7-11-23(27(20)30)19-8-3-2-4-9-19)24(29(31,32)33)16-22(26)18-34-15-6-5-12-25(34)28(35)36/h2-4,7-11,13-14,16-17,25H,5-6,12,15,18H2,1H3,(H,35,36)/b14-13+. The molecule has 1 heterocycles. The third-order valence-corrected chi connectivity index (χ3v) is 7.01. The molecule has 0 spiro atoms. The molecule has 0 aliphatic carbocycles. The molecule has 3 aromatic rings. The number of alkyl halides is 3. The summed E-state index contributed by atoms with van der Waals surface area (Å²) in [5.74, 6) is -0.699. The number of methoxy groups -OCH3 is 1. The fourth-order valence-electron chi connectivity index (χ4n) is 4.71. The highest BCUT2D eigenvalue weighted by molar-refractivity contribution is 6.35. The smallest absolute Gasteiger partial charge is 0.417 e. The van der Waals surface area contributed by atoms with Crippen LogP contribution in [0.1, 0.15) is 41.5 Å². The van der Waals surface area contributed by atoms with Gasteiger partial charge in [-0.25, -0.2) is 0 Å². The Labute approximate surface area is 218 Å². The van der Waals surface area contributed by atoms with Crippen molar-refractivity contribution >= 4 is 29.7 Å². The quantitative estimate of drug-likeness (QED) is 0.319. The number of carbonyl (C=O) groups is 1. The molecule has 1 fully saturated rings. The van der Waals surface area contributed by atoms with Gasteiger partial charge in [0.15, 0.2) is 0 Å². The van der Waals surface area contributed by atoms with Gasteiger partial charge in [-0.3, -0.25) is 9.69 Å². The number of likely N-dealkylation sites (tertiary alicyclic amines) is 1. The molecule has 0 aromatic heterocycles. The first kappa shape index (κ1) is 26.8. The number of nitrogens with zero attached hydrogens (tertiary/aromatic N) is 1. The molecule has 1 atom stereocenters. The SMILES string of the molecule is COc1cc(/C=C/c2cccc(-c3ccccc3)c2Cl)c(C(F)(F)F)cc1CN1CCCCC1C(=O)O. The van der Waals surface area contributed by atoms with Crippen LogP contribution in [0.25, 0.3) is 23.3 Å². The Morgan fingerprint density at radius 3 is 2.49 bits per heavy atom. The summed E-state index contributed by atoms with van der Waals surface area (Å²) in [5, 5.41) is 10.00. The number of hydrogen-bond donors (Lipinski definition) is 1. The number of halogens is 4. The van der Waals surface area contributed by atoms with E-state index in [1.54, 1.807) is 23.1 Å². The van der Waals surface area contributed by atoms with Crippen LogP contribution < -0.4 is 4.74 Å². The number of aliphatic carboxylic acids is 1. The highest BCUT2D eigenvalue weighted by atomic mass is 35.5. The molecule has 8 heteroatoms. The van der Waals surface area contributed by atoms with E-state index in [9.17, 15) is 23.1 Å². The van der Waals surface area contributed by atoms with Gasteiger partial charge in [0.05, 0.1) is 17.7 Å². The van der Waals surface area contributed by atoms with Crippen LogP contribution in [0.5, 0.6) is 5.75 Å². The number of hydrogen-bond acceptors (Lipinski definition) is 3. The van der Waals surface area contributed by atoms with Gasteiger partial charge in [0.2, 0.25) is 0 Å². The molecule has 1 unspecified atom stereocenters. The Bertz CT molecular complexity index is 1290. The molecule has 0 radical (unpaired) electrons. The average molecular weight is 530 g/mol. The van der Waals surface area contributed by atoms with E-state index < -0.39 is 23.8 Å². The summed E-state index contributed by atoms with van der Waals surface area (Å²) in [6.07, 6.45) is 0.353. The van der Waals surface area contributed by atoms with E-state index in [-0.39, 0.29) is 17.9 Å². The predicted octanol–water partition coefficient (Wildman–Crippen LogP) is 7.64. The molecule has 1 aliphatic rings. The van der Waals surface area contributed by atoms with E-state index in [0.717, 1.165) is 30.0 Å². The van der Waals surface area contributed by atoms with Crippen LogP contribution in [0, 0.1) is 0 Å². The lowest BCUT2D eigenvalue weighted by Gasteiger charge is -2.33. The molecule has 1 N–H and O–H groups in total. The molecular formula is C29H27ClF3NO3. The Hall–Kier alpha value is -3.29. The molecule has 3 aromatic carbocycles. The molecule has 37 heavy (non-hydrogen) atoms. The molecular weight excluding hydrogens is 503 g/mol. The van der Waals surface area contributed by atoms with Gasteiger partial charge in [-0.15, -0.1) is 0 Å². The van der Waals surface area contributed by atoms with Gasteiger partial charge >= 0.3 is 12.1 Å². The van der Waals surface area contributed by atoms with Crippen molar-refractivity contribution in [2.24, 2.45) is 0 Å². The lowest BCUT2D eigenvalue weighted by molar-refractivity contribution is -0.145. The summed E-state index contributed by atoms with van der Waals surface area (Å²) in [7, 11) is 1.39. The summed E-state index contributed by atoms with van der Waals surface area (Å²) in [5.41, 5.74) is 1.67. The van der Waals surface area contributed by atoms with Crippen LogP contribution in [0.15, 0.2) is 60.7 Å². The minimum atomic E-state index is -4.62. The molecule has 4 rings (SSSR count). The van der Waals surface area contributed by atoms with Gasteiger partial charge in [-0.1, -0.05) is 78.7 Å². The molecule has 194 valence electrons. The summed E-state index contributed by atoms with van der Waals surface area (Å²) in [6, 6.07) is 16.6. The first-order valence-corrected chi connectivity index (χ1v) is 12.3. The Morgan fingerprint density at radius 2 is 1.81 bits per heavy atom. The van der Waals surface area contributed by atoms with Gasteiger partial charge in [0, 0.05) is 17.7 Å². The van der Waals surface area contributed by atoms with Gasteiger partial charge in [-0.05, 0) is 48.2 Å². The fourth-order valence-corrected chi connectivity index (χ4v) is 5.01. The summed E-state index contributed by atoms with van der Waals surface area (Å²) in [4.78, 5) is 13.4. The van der Waals surface area contributed by atoms with Crippen LogP contribution in [0.3, 0.4) is 0 Å². The largest absolute Gasteiger partial charge is 0.496 e. The zero-order valence-corrected chi connectivity index (χ0v) is 21.0. The van der Waals surface area contributed by atoms with Gasteiger partial charge in [-0.2, -0.15) is 13.2 Å². The van der Waals surface area contributed by atoms with E-state index in [1.807, 2.05) is 36.4 Å². The van der Waals surface area contributed by atoms with Crippen molar-refractivity contribution in [3.05, 3.63) is 87.9 Å². The fraction of sp³-hybridized carbons (Fsp3) is 0.276. The number of carboxylic acid groups (broad SMARTS) is 1. The van der Waals surface area contributed by atoms with Crippen LogP contribution in [0.4, 0.5) is 13.2 Å². The van der Waals surface area contributed by atoms with E-state index in [1.165, 1.54) is 19.3 Å². The molecule has 0 saturated carbocycles. The van der Waals surface area contributed by atoms with Crippen LogP contribution in [0.2, 0.25) is 5.02 Å². The van der Waals surface area contributed by atoms with Crippen LogP contribution in [-0.2, 0) is 17.5 Å². The third-order valence-electron chi connectivity index (χ3n) is 6.59. The van der Waals surface area contributed by atoms with Gasteiger partial charge < -0.3 is 9.84 Å². The topological polar surface area (TPSA) is 49.8 Å². The third kappa shape index (κ3) is 6.17. The van der Waals surface area contributed by atoms with Crippen molar-refractivity contribution in [3.63, 3.8) is 0 Å². The maximum atomic E-state index is 14.1. The van der Waals surface area contributed by atoms with E-state index in [2.05, 4.69) is 0 Å². The van der Waals surface area contributed by atoms with E-state index in [0.29, 0.717) is 29.1 Å². The lowest BCUT2D eigenvalue weighted by Crippen LogP contribution is -2.44. The van der Waals surface area contributed by atoms with Crippen LogP contribution >= 0.6 is 11.6 Å². The number of benzene rings is 3. The Morgan fingerprint density at radius 1 is 1.08 bits per heavy atom.